The molecule has 0 radical (unpaired) electrons. The van der Waals surface area contributed by atoms with Crippen molar-refractivity contribution in [3.05, 3.63) is 54.4 Å². The van der Waals surface area contributed by atoms with E-state index < -0.39 is 0 Å². The fourth-order valence-corrected chi connectivity index (χ4v) is 3.61. The van der Waals surface area contributed by atoms with Gasteiger partial charge in [-0.25, -0.2) is 0 Å². The Balaban J connectivity index is 1.63. The van der Waals surface area contributed by atoms with E-state index in [9.17, 15) is 4.79 Å². The Morgan fingerprint density at radius 1 is 1.26 bits per heavy atom. The number of nitrogens with zero attached hydrogens (tertiary/aromatic N) is 2. The Morgan fingerprint density at radius 2 is 2.05 bits per heavy atom. The third kappa shape index (κ3) is 2.68. The van der Waals surface area contributed by atoms with Crippen LogP contribution in [-0.2, 0) is 11.3 Å². The lowest BCUT2D eigenvalue weighted by Crippen LogP contribution is -2.21. The number of allylic oxidation sites excluding steroid dienone is 3. The van der Waals surface area contributed by atoms with Gasteiger partial charge >= 0.3 is 0 Å². The zero-order valence-corrected chi connectivity index (χ0v) is 11.2. The number of rotatable bonds is 3. The molecular weight excluding hydrogens is 256 g/mol. The van der Waals surface area contributed by atoms with Gasteiger partial charge in [0.1, 0.15) is 0 Å². The normalized spacial score (nSPS) is 29.1. The molecule has 1 aromatic rings. The molecule has 0 N–H and O–H groups in total. The Kier molecular flexibility index (Phi) is 3.60. The molecule has 0 aromatic carbocycles. The summed E-state index contributed by atoms with van der Waals surface area (Å²) in [4.78, 5) is 20.5. The van der Waals surface area contributed by atoms with E-state index in [2.05, 4.69) is 16.1 Å². The van der Waals surface area contributed by atoms with Crippen LogP contribution < -0.4 is 0 Å². The van der Waals surface area contributed by atoms with Crippen LogP contribution in [0.25, 0.3) is 0 Å². The van der Waals surface area contributed by atoms with E-state index in [1.54, 1.807) is 30.4 Å². The Hall–Kier alpha value is -1.68. The lowest BCUT2D eigenvalue weighted by molar-refractivity contribution is -0.119. The minimum atomic E-state index is -0.107. The van der Waals surface area contributed by atoms with Crippen LogP contribution in [0, 0.1) is 5.92 Å². The van der Waals surface area contributed by atoms with Gasteiger partial charge in [0.05, 0.1) is 17.7 Å². The molecule has 1 aliphatic carbocycles. The molecule has 1 aliphatic heterocycles. The predicted octanol–water partition coefficient (Wildman–Crippen LogP) is 2.45. The van der Waals surface area contributed by atoms with Crippen LogP contribution in [0.1, 0.15) is 5.56 Å². The zero-order valence-electron chi connectivity index (χ0n) is 10.3. The van der Waals surface area contributed by atoms with Crippen LogP contribution in [0.4, 0.5) is 0 Å². The highest BCUT2D eigenvalue weighted by atomic mass is 32.2. The number of pyridine rings is 1. The third-order valence-corrected chi connectivity index (χ3v) is 4.67. The molecule has 1 saturated heterocycles. The first-order chi connectivity index (χ1) is 9.34. The number of Topliss-reactive ketones (excluding diaryl/α,β-unsaturated/α-hetero) is 1. The van der Waals surface area contributed by atoms with Gasteiger partial charge in [-0.15, -0.1) is 11.8 Å². The van der Waals surface area contributed by atoms with Crippen molar-refractivity contribution in [3.8, 4) is 0 Å². The maximum absolute atomic E-state index is 12.2. The summed E-state index contributed by atoms with van der Waals surface area (Å²) < 4.78 is 0. The predicted molar refractivity (Wildman–Crippen MR) is 78.4 cm³/mol. The molecule has 2 aliphatic rings. The lowest BCUT2D eigenvalue weighted by Gasteiger charge is -2.10. The van der Waals surface area contributed by atoms with Crippen molar-refractivity contribution in [1.29, 1.82) is 0 Å². The third-order valence-electron chi connectivity index (χ3n) is 3.26. The van der Waals surface area contributed by atoms with E-state index in [0.29, 0.717) is 6.54 Å². The van der Waals surface area contributed by atoms with E-state index in [1.807, 2.05) is 30.4 Å². The molecule has 1 fully saturated rings. The summed E-state index contributed by atoms with van der Waals surface area (Å²) in [7, 11) is 0. The van der Waals surface area contributed by atoms with Gasteiger partial charge < -0.3 is 0 Å². The Labute approximate surface area is 116 Å². The standard InChI is InChI=1S/C15H14N2OS/c18-15-12-3-1-2-4-13(12)19-14(15)10-17-9-11-5-7-16-8-6-11/h1-8,10,12-14H,9H2/t12-,13-,14?/m1/s1. The van der Waals surface area contributed by atoms with Gasteiger partial charge in [-0.3, -0.25) is 14.8 Å². The van der Waals surface area contributed by atoms with E-state index >= 15 is 0 Å². The molecule has 3 atom stereocenters. The van der Waals surface area contributed by atoms with E-state index in [4.69, 9.17) is 0 Å². The van der Waals surface area contributed by atoms with Gasteiger partial charge in [0, 0.05) is 23.9 Å². The van der Waals surface area contributed by atoms with Crippen molar-refractivity contribution in [2.75, 3.05) is 0 Å². The molecule has 3 rings (SSSR count). The minimum Gasteiger partial charge on any atom is -0.297 e. The van der Waals surface area contributed by atoms with Gasteiger partial charge in [-0.05, 0) is 17.7 Å². The fourth-order valence-electron chi connectivity index (χ4n) is 2.25. The van der Waals surface area contributed by atoms with Crippen LogP contribution in [0.2, 0.25) is 0 Å². The topological polar surface area (TPSA) is 42.3 Å². The largest absolute Gasteiger partial charge is 0.297 e. The van der Waals surface area contributed by atoms with E-state index in [1.165, 1.54) is 0 Å². The maximum atomic E-state index is 12.2. The average molecular weight is 270 g/mol. The Morgan fingerprint density at radius 3 is 2.84 bits per heavy atom. The van der Waals surface area contributed by atoms with Gasteiger partial charge in [0.15, 0.2) is 5.78 Å². The first-order valence-electron chi connectivity index (χ1n) is 6.27. The first kappa shape index (κ1) is 12.4. The molecule has 0 bridgehead atoms. The van der Waals surface area contributed by atoms with Gasteiger partial charge in [0.2, 0.25) is 0 Å². The molecule has 0 amide bonds. The number of carbonyl (C=O) groups excluding carboxylic acids is 1. The first-order valence-corrected chi connectivity index (χ1v) is 7.22. The molecule has 2 heterocycles. The lowest BCUT2D eigenvalue weighted by atomic mass is 9.95. The van der Waals surface area contributed by atoms with Crippen molar-refractivity contribution >= 4 is 23.8 Å². The number of ketones is 1. The summed E-state index contributed by atoms with van der Waals surface area (Å²) in [6, 6.07) is 3.87. The van der Waals surface area contributed by atoms with Crippen molar-refractivity contribution in [2.24, 2.45) is 10.9 Å². The smallest absolute Gasteiger partial charge is 0.159 e. The number of hydrogen-bond acceptors (Lipinski definition) is 4. The summed E-state index contributed by atoms with van der Waals surface area (Å²) in [6.45, 7) is 0.605. The van der Waals surface area contributed by atoms with Gasteiger partial charge in [0.25, 0.3) is 0 Å². The molecule has 3 nitrogen and oxygen atoms in total. The van der Waals surface area contributed by atoms with Crippen molar-refractivity contribution in [2.45, 2.75) is 17.0 Å². The second kappa shape index (κ2) is 5.53. The second-order valence-corrected chi connectivity index (χ2v) is 5.89. The highest BCUT2D eigenvalue weighted by molar-refractivity contribution is 8.02. The van der Waals surface area contributed by atoms with Crippen molar-refractivity contribution in [1.82, 2.24) is 4.98 Å². The molecule has 4 heteroatoms. The van der Waals surface area contributed by atoms with E-state index in [-0.39, 0.29) is 22.2 Å². The summed E-state index contributed by atoms with van der Waals surface area (Å²) in [6.07, 6.45) is 13.4. The fraction of sp³-hybridized carbons (Fsp3) is 0.267. The van der Waals surface area contributed by atoms with Crippen LogP contribution in [0.5, 0.6) is 0 Å². The monoisotopic (exact) mass is 270 g/mol. The second-order valence-electron chi connectivity index (χ2n) is 4.56. The molecule has 19 heavy (non-hydrogen) atoms. The Bertz CT molecular complexity index is 551. The molecule has 96 valence electrons. The average Bonchev–Trinajstić information content (AvgIpc) is 2.78. The molecule has 0 saturated carbocycles. The molecule has 0 spiro atoms. The minimum absolute atomic E-state index is 0.0346. The van der Waals surface area contributed by atoms with Crippen molar-refractivity contribution in [3.63, 3.8) is 0 Å². The van der Waals surface area contributed by atoms with E-state index in [0.717, 1.165) is 5.56 Å². The number of aliphatic imine (C=N–C) groups is 1. The number of thioether (sulfide) groups is 1. The van der Waals surface area contributed by atoms with Crippen LogP contribution in [0.3, 0.4) is 0 Å². The van der Waals surface area contributed by atoms with Crippen LogP contribution in [0.15, 0.2) is 53.8 Å². The molecule has 1 unspecified atom stereocenters. The highest BCUT2D eigenvalue weighted by Crippen LogP contribution is 2.38. The number of aromatic nitrogens is 1. The summed E-state index contributed by atoms with van der Waals surface area (Å²) in [5.74, 6) is 0.307. The highest BCUT2D eigenvalue weighted by Gasteiger charge is 2.39. The maximum Gasteiger partial charge on any atom is 0.159 e. The summed E-state index contributed by atoms with van der Waals surface area (Å²) in [5.41, 5.74) is 1.11. The van der Waals surface area contributed by atoms with Crippen molar-refractivity contribution < 1.29 is 4.79 Å². The van der Waals surface area contributed by atoms with Gasteiger partial charge in [-0.2, -0.15) is 0 Å². The van der Waals surface area contributed by atoms with Crippen LogP contribution >= 0.6 is 11.8 Å². The van der Waals surface area contributed by atoms with Gasteiger partial charge in [-0.1, -0.05) is 24.3 Å². The number of fused-ring (bicyclic) bond motifs is 1. The summed E-state index contributed by atoms with van der Waals surface area (Å²) >= 11 is 1.69. The molecular formula is C15H14N2OS. The van der Waals surface area contributed by atoms with Crippen LogP contribution in [-0.4, -0.2) is 27.5 Å². The number of carbonyl (C=O) groups is 1. The quantitative estimate of drug-likeness (QED) is 0.792. The molecule has 1 aromatic heterocycles. The SMILES string of the molecule is O=C1C(C=NCc2ccncc2)S[C@@H]2C=CC=C[C@@H]12. The number of hydrogen-bond donors (Lipinski definition) is 0. The summed E-state index contributed by atoms with van der Waals surface area (Å²) in [5, 5.41) is 0.180. The zero-order chi connectivity index (χ0) is 13.1.